The van der Waals surface area contributed by atoms with Crippen LogP contribution in [-0.4, -0.2) is 73.0 Å². The third-order valence-electron chi connectivity index (χ3n) is 6.67. The number of hydrogen-bond acceptors (Lipinski definition) is 3. The predicted octanol–water partition coefficient (Wildman–Crippen LogP) is 2.83. The van der Waals surface area contributed by atoms with E-state index < -0.39 is 0 Å². The quantitative estimate of drug-likeness (QED) is 0.773. The van der Waals surface area contributed by atoms with Crippen LogP contribution in [0.5, 0.6) is 0 Å². The molecule has 2 heterocycles. The van der Waals surface area contributed by atoms with Crippen LogP contribution in [-0.2, 0) is 4.79 Å². The molecule has 0 N–H and O–H groups in total. The molecule has 24 heavy (non-hydrogen) atoms. The number of hydrogen-bond donors (Lipinski definition) is 0. The van der Waals surface area contributed by atoms with E-state index in [2.05, 4.69) is 28.7 Å². The van der Waals surface area contributed by atoms with Crippen LogP contribution < -0.4 is 0 Å². The summed E-state index contributed by atoms with van der Waals surface area (Å²) in [6.45, 7) is 9.18. The molecule has 2 aliphatic heterocycles. The van der Waals surface area contributed by atoms with E-state index in [0.717, 1.165) is 37.8 Å². The molecule has 0 bridgehead atoms. The lowest BCUT2D eigenvalue weighted by Crippen LogP contribution is -2.52. The molecule has 0 aromatic carbocycles. The number of likely N-dealkylation sites (tertiary alicyclic amines) is 1. The number of rotatable bonds is 5. The van der Waals surface area contributed by atoms with E-state index in [4.69, 9.17) is 0 Å². The van der Waals surface area contributed by atoms with Crippen LogP contribution in [0.4, 0.5) is 0 Å². The highest BCUT2D eigenvalue weighted by Gasteiger charge is 2.28. The van der Waals surface area contributed by atoms with Gasteiger partial charge in [-0.15, -0.1) is 0 Å². The molecule has 4 nitrogen and oxygen atoms in total. The molecule has 0 aromatic rings. The zero-order valence-electron chi connectivity index (χ0n) is 15.9. The summed E-state index contributed by atoms with van der Waals surface area (Å²) in [6, 6.07) is 0.676. The zero-order chi connectivity index (χ0) is 16.9. The second-order valence-electron chi connectivity index (χ2n) is 8.62. The average Bonchev–Trinajstić information content (AvgIpc) is 3.09. The first-order valence-electron chi connectivity index (χ1n) is 10.3. The summed E-state index contributed by atoms with van der Waals surface area (Å²) in [4.78, 5) is 19.7. The van der Waals surface area contributed by atoms with Crippen LogP contribution in [0.2, 0.25) is 0 Å². The highest BCUT2D eigenvalue weighted by atomic mass is 16.2. The highest BCUT2D eigenvalue weighted by molar-refractivity contribution is 5.76. The first-order valence-corrected chi connectivity index (χ1v) is 10.3. The Hall–Kier alpha value is -0.610. The van der Waals surface area contributed by atoms with E-state index in [9.17, 15) is 4.79 Å². The lowest BCUT2D eigenvalue weighted by molar-refractivity contribution is -0.133. The molecule has 0 radical (unpaired) electrons. The first kappa shape index (κ1) is 18.2. The molecular formula is C20H37N3O. The van der Waals surface area contributed by atoms with Crippen molar-refractivity contribution in [3.63, 3.8) is 0 Å². The van der Waals surface area contributed by atoms with Gasteiger partial charge in [-0.25, -0.2) is 0 Å². The number of nitrogens with zero attached hydrogens (tertiary/aromatic N) is 3. The lowest BCUT2D eigenvalue weighted by Gasteiger charge is -2.41. The maximum Gasteiger partial charge on any atom is 0.222 e. The molecule has 1 atom stereocenters. The molecule has 0 unspecified atom stereocenters. The Morgan fingerprint density at radius 2 is 1.67 bits per heavy atom. The van der Waals surface area contributed by atoms with E-state index in [-0.39, 0.29) is 0 Å². The third kappa shape index (κ3) is 4.95. The Morgan fingerprint density at radius 1 is 0.958 bits per heavy atom. The van der Waals surface area contributed by atoms with Crippen molar-refractivity contribution in [2.75, 3.05) is 46.3 Å². The zero-order valence-corrected chi connectivity index (χ0v) is 15.9. The van der Waals surface area contributed by atoms with Gasteiger partial charge in [-0.1, -0.05) is 25.7 Å². The lowest BCUT2D eigenvalue weighted by atomic mass is 9.94. The van der Waals surface area contributed by atoms with E-state index in [1.54, 1.807) is 0 Å². The molecule has 3 aliphatic rings. The Bertz CT molecular complexity index is 400. The molecule has 0 spiro atoms. The Labute approximate surface area is 148 Å². The SMILES string of the molecule is C[C@@H]1CN(C)CCN1CC1CCN(C(=O)CCC2CCCC2)CC1. The van der Waals surface area contributed by atoms with E-state index in [1.165, 1.54) is 64.7 Å². The minimum absolute atomic E-state index is 0.424. The fraction of sp³-hybridized carbons (Fsp3) is 0.950. The fourth-order valence-corrected chi connectivity index (χ4v) is 4.93. The minimum atomic E-state index is 0.424. The summed E-state index contributed by atoms with van der Waals surface area (Å²) >= 11 is 0. The van der Waals surface area contributed by atoms with Gasteiger partial charge in [0.2, 0.25) is 5.91 Å². The van der Waals surface area contributed by atoms with E-state index >= 15 is 0 Å². The first-order chi connectivity index (χ1) is 11.6. The molecule has 138 valence electrons. The molecule has 3 rings (SSSR count). The smallest absolute Gasteiger partial charge is 0.222 e. The van der Waals surface area contributed by atoms with Gasteiger partial charge in [-0.2, -0.15) is 0 Å². The fourth-order valence-electron chi connectivity index (χ4n) is 4.93. The maximum atomic E-state index is 12.4. The van der Waals surface area contributed by atoms with Crippen molar-refractivity contribution in [2.45, 2.75) is 64.3 Å². The number of piperazine rings is 1. The molecule has 4 heteroatoms. The van der Waals surface area contributed by atoms with Crippen molar-refractivity contribution in [3.8, 4) is 0 Å². The van der Waals surface area contributed by atoms with Gasteiger partial charge in [0.15, 0.2) is 0 Å². The van der Waals surface area contributed by atoms with Gasteiger partial charge in [-0.05, 0) is 45.1 Å². The Balaban J connectivity index is 1.35. The average molecular weight is 336 g/mol. The molecule has 3 fully saturated rings. The van der Waals surface area contributed by atoms with Crippen LogP contribution in [0, 0.1) is 11.8 Å². The van der Waals surface area contributed by atoms with Crippen LogP contribution in [0.25, 0.3) is 0 Å². The molecule has 2 saturated heterocycles. The summed E-state index contributed by atoms with van der Waals surface area (Å²) in [5, 5.41) is 0. The van der Waals surface area contributed by atoms with Crippen molar-refractivity contribution in [1.82, 2.24) is 14.7 Å². The molecule has 1 saturated carbocycles. The number of carbonyl (C=O) groups excluding carboxylic acids is 1. The summed E-state index contributed by atoms with van der Waals surface area (Å²) in [5.41, 5.74) is 0. The summed E-state index contributed by atoms with van der Waals surface area (Å²) in [6.07, 6.45) is 9.83. The van der Waals surface area contributed by atoms with Gasteiger partial charge in [0.05, 0.1) is 0 Å². The van der Waals surface area contributed by atoms with Gasteiger partial charge in [-0.3, -0.25) is 9.69 Å². The normalized spacial score (nSPS) is 28.6. The summed E-state index contributed by atoms with van der Waals surface area (Å²) in [5.74, 6) is 2.05. The van der Waals surface area contributed by atoms with Crippen LogP contribution in [0.1, 0.15) is 58.3 Å². The number of piperidine rings is 1. The number of likely N-dealkylation sites (N-methyl/N-ethyl adjacent to an activating group) is 1. The number of amides is 1. The van der Waals surface area contributed by atoms with Gasteiger partial charge < -0.3 is 9.80 Å². The second-order valence-corrected chi connectivity index (χ2v) is 8.62. The predicted molar refractivity (Wildman–Crippen MR) is 99.0 cm³/mol. The topological polar surface area (TPSA) is 26.8 Å². The van der Waals surface area contributed by atoms with Crippen molar-refractivity contribution in [1.29, 1.82) is 0 Å². The molecule has 1 aliphatic carbocycles. The van der Waals surface area contributed by atoms with Gasteiger partial charge in [0, 0.05) is 51.7 Å². The van der Waals surface area contributed by atoms with Gasteiger partial charge >= 0.3 is 0 Å². The van der Waals surface area contributed by atoms with Gasteiger partial charge in [0.1, 0.15) is 0 Å². The van der Waals surface area contributed by atoms with Gasteiger partial charge in [0.25, 0.3) is 0 Å². The Morgan fingerprint density at radius 3 is 2.33 bits per heavy atom. The second kappa shape index (κ2) is 8.66. The third-order valence-corrected chi connectivity index (χ3v) is 6.67. The summed E-state index contributed by atoms with van der Waals surface area (Å²) < 4.78 is 0. The standard InChI is InChI=1S/C20H37N3O/c1-17-15-21(2)13-14-23(17)16-19-9-11-22(12-10-19)20(24)8-7-18-5-3-4-6-18/h17-19H,3-16H2,1-2H3/t17-/m1/s1. The molecular weight excluding hydrogens is 298 g/mol. The summed E-state index contributed by atoms with van der Waals surface area (Å²) in [7, 11) is 2.23. The van der Waals surface area contributed by atoms with Crippen LogP contribution in [0.3, 0.4) is 0 Å². The largest absolute Gasteiger partial charge is 0.343 e. The minimum Gasteiger partial charge on any atom is -0.343 e. The molecule has 0 aromatic heterocycles. The van der Waals surface area contributed by atoms with Crippen molar-refractivity contribution in [2.24, 2.45) is 11.8 Å². The molecule has 1 amide bonds. The van der Waals surface area contributed by atoms with Crippen LogP contribution in [0.15, 0.2) is 0 Å². The van der Waals surface area contributed by atoms with E-state index in [1.807, 2.05) is 0 Å². The number of carbonyl (C=O) groups is 1. The maximum absolute atomic E-state index is 12.4. The Kier molecular flexibility index (Phi) is 6.56. The van der Waals surface area contributed by atoms with Crippen molar-refractivity contribution < 1.29 is 4.79 Å². The van der Waals surface area contributed by atoms with Crippen molar-refractivity contribution in [3.05, 3.63) is 0 Å². The van der Waals surface area contributed by atoms with Crippen molar-refractivity contribution >= 4 is 5.91 Å². The van der Waals surface area contributed by atoms with Crippen LogP contribution >= 0.6 is 0 Å². The highest BCUT2D eigenvalue weighted by Crippen LogP contribution is 2.29. The van der Waals surface area contributed by atoms with E-state index in [0.29, 0.717) is 11.9 Å². The monoisotopic (exact) mass is 335 g/mol.